The number of anilines is 1. The fraction of sp³-hybridized carbons (Fsp3) is 0.0556. The molecule has 2 rings (SSSR count). The number of allylic oxidation sites excluding steroid dienone is 2. The van der Waals surface area contributed by atoms with Crippen LogP contribution in [0, 0.1) is 34.0 Å². The van der Waals surface area contributed by atoms with Gasteiger partial charge < -0.3 is 5.32 Å². The van der Waals surface area contributed by atoms with Gasteiger partial charge in [0.15, 0.2) is 5.57 Å². The van der Waals surface area contributed by atoms with E-state index in [1.54, 1.807) is 18.2 Å². The minimum absolute atomic E-state index is 0.123. The van der Waals surface area contributed by atoms with E-state index < -0.39 is 20.9 Å². The van der Waals surface area contributed by atoms with Gasteiger partial charge in [0.05, 0.1) is 9.79 Å². The van der Waals surface area contributed by atoms with Crippen LogP contribution in [-0.4, -0.2) is 13.9 Å². The predicted octanol–water partition coefficient (Wildman–Crippen LogP) is 4.37. The summed E-state index contributed by atoms with van der Waals surface area (Å²) >= 11 is -0.348. The van der Waals surface area contributed by atoms with Gasteiger partial charge in [-0.2, -0.15) is 29.0 Å². The van der Waals surface area contributed by atoms with Gasteiger partial charge in [0.2, 0.25) is 9.84 Å². The number of hydrogen-bond donors (Lipinski definition) is 1. The first-order valence-electron chi connectivity index (χ1n) is 7.53. The average Bonchev–Trinajstić information content (AvgIpc) is 2.67. The standard InChI is InChI=1S/C18H9F3N4O2S2/c19-18(20,21)28-14-3-7-16(8-4-14)29(26,27)15-5-1-13(2-6-15)25-17(11-24)12(9-22)10-23/h1-8,25H. The first-order chi connectivity index (χ1) is 13.6. The van der Waals surface area contributed by atoms with Crippen molar-refractivity contribution in [2.24, 2.45) is 0 Å². The number of benzene rings is 2. The van der Waals surface area contributed by atoms with E-state index in [0.29, 0.717) is 0 Å². The quantitative estimate of drug-likeness (QED) is 0.548. The molecule has 29 heavy (non-hydrogen) atoms. The summed E-state index contributed by atoms with van der Waals surface area (Å²) in [7, 11) is -3.98. The number of nitrogens with zero attached hydrogens (tertiary/aromatic N) is 3. The van der Waals surface area contributed by atoms with Crippen molar-refractivity contribution in [2.45, 2.75) is 20.2 Å². The van der Waals surface area contributed by atoms with Gasteiger partial charge in [-0.15, -0.1) is 0 Å². The Hall–Kier alpha value is -3.46. The molecule has 0 atom stereocenters. The Balaban J connectivity index is 2.27. The van der Waals surface area contributed by atoms with Crippen molar-refractivity contribution in [2.75, 3.05) is 5.32 Å². The van der Waals surface area contributed by atoms with Crippen molar-refractivity contribution < 1.29 is 21.6 Å². The van der Waals surface area contributed by atoms with Crippen LogP contribution < -0.4 is 5.32 Å². The molecule has 1 N–H and O–H groups in total. The lowest BCUT2D eigenvalue weighted by Crippen LogP contribution is -2.04. The van der Waals surface area contributed by atoms with Crippen LogP contribution in [0.15, 0.2) is 74.5 Å². The Bertz CT molecular complexity index is 1150. The summed E-state index contributed by atoms with van der Waals surface area (Å²) in [5.41, 5.74) is -4.93. The van der Waals surface area contributed by atoms with Crippen LogP contribution in [0.2, 0.25) is 0 Å². The lowest BCUT2D eigenvalue weighted by Gasteiger charge is -2.09. The van der Waals surface area contributed by atoms with Gasteiger partial charge in [0.1, 0.15) is 23.9 Å². The second-order valence-electron chi connectivity index (χ2n) is 5.26. The molecule has 2 aromatic carbocycles. The molecular weight excluding hydrogens is 425 g/mol. The van der Waals surface area contributed by atoms with E-state index in [2.05, 4.69) is 5.32 Å². The highest BCUT2D eigenvalue weighted by atomic mass is 32.2. The molecule has 0 aromatic heterocycles. The zero-order chi connectivity index (χ0) is 21.7. The normalized spacial score (nSPS) is 10.9. The number of nitriles is 3. The fourth-order valence-electron chi connectivity index (χ4n) is 2.10. The molecular formula is C18H9F3N4O2S2. The van der Waals surface area contributed by atoms with E-state index in [4.69, 9.17) is 15.8 Å². The maximum absolute atomic E-state index is 12.6. The Labute approximate surface area is 168 Å². The number of nitrogens with one attached hydrogen (secondary N) is 1. The van der Waals surface area contributed by atoms with Crippen LogP contribution in [0.4, 0.5) is 18.9 Å². The molecule has 11 heteroatoms. The number of sulfone groups is 1. The lowest BCUT2D eigenvalue weighted by atomic mass is 10.2. The van der Waals surface area contributed by atoms with Gasteiger partial charge in [0, 0.05) is 10.6 Å². The molecule has 0 aliphatic heterocycles. The average molecular weight is 434 g/mol. The summed E-state index contributed by atoms with van der Waals surface area (Å²) < 4.78 is 62.4. The SMILES string of the molecule is N#CC(C#N)=C(C#N)Nc1ccc(S(=O)(=O)c2ccc(SC(F)(F)F)cc2)cc1. The third kappa shape index (κ3) is 5.52. The summed E-state index contributed by atoms with van der Waals surface area (Å²) in [5, 5.41) is 29.2. The van der Waals surface area contributed by atoms with E-state index in [1.807, 2.05) is 0 Å². The lowest BCUT2D eigenvalue weighted by molar-refractivity contribution is -0.0328. The Morgan fingerprint density at radius 2 is 1.34 bits per heavy atom. The van der Waals surface area contributed by atoms with Gasteiger partial charge in [0.25, 0.3) is 0 Å². The van der Waals surface area contributed by atoms with Gasteiger partial charge in [-0.3, -0.25) is 0 Å². The van der Waals surface area contributed by atoms with E-state index in [-0.39, 0.29) is 37.8 Å². The van der Waals surface area contributed by atoms with Gasteiger partial charge in [-0.25, -0.2) is 8.42 Å². The molecule has 0 aliphatic rings. The molecule has 0 fully saturated rings. The second kappa shape index (κ2) is 8.70. The topological polar surface area (TPSA) is 118 Å². The summed E-state index contributed by atoms with van der Waals surface area (Å²) in [4.78, 5) is -0.446. The van der Waals surface area contributed by atoms with Crippen molar-refractivity contribution in [3.05, 3.63) is 59.8 Å². The third-order valence-corrected chi connectivity index (χ3v) is 5.91. The van der Waals surface area contributed by atoms with Crippen molar-refractivity contribution >= 4 is 27.3 Å². The molecule has 0 aliphatic carbocycles. The van der Waals surface area contributed by atoms with Crippen LogP contribution in [0.5, 0.6) is 0 Å². The van der Waals surface area contributed by atoms with Crippen molar-refractivity contribution in [1.82, 2.24) is 0 Å². The molecule has 2 aromatic rings. The monoisotopic (exact) mass is 434 g/mol. The largest absolute Gasteiger partial charge is 0.446 e. The molecule has 0 unspecified atom stereocenters. The summed E-state index contributed by atoms with van der Waals surface area (Å²) in [6.07, 6.45) is 0. The van der Waals surface area contributed by atoms with E-state index >= 15 is 0 Å². The maximum Gasteiger partial charge on any atom is 0.446 e. The number of alkyl halides is 3. The molecule has 0 heterocycles. The Kier molecular flexibility index (Phi) is 6.55. The highest BCUT2D eigenvalue weighted by Gasteiger charge is 2.29. The minimum Gasteiger partial charge on any atom is -0.345 e. The molecule has 6 nitrogen and oxygen atoms in total. The van der Waals surface area contributed by atoms with E-state index in [1.165, 1.54) is 24.3 Å². The Morgan fingerprint density at radius 1 is 0.862 bits per heavy atom. The first-order valence-corrected chi connectivity index (χ1v) is 9.83. The van der Waals surface area contributed by atoms with E-state index in [0.717, 1.165) is 24.3 Å². The number of rotatable bonds is 5. The zero-order valence-electron chi connectivity index (χ0n) is 14.2. The number of thioether (sulfide) groups is 1. The van der Waals surface area contributed by atoms with Gasteiger partial charge >= 0.3 is 5.51 Å². The highest BCUT2D eigenvalue weighted by molar-refractivity contribution is 8.00. The van der Waals surface area contributed by atoms with Crippen LogP contribution in [0.1, 0.15) is 0 Å². The van der Waals surface area contributed by atoms with Crippen LogP contribution in [-0.2, 0) is 9.84 Å². The smallest absolute Gasteiger partial charge is 0.345 e. The second-order valence-corrected chi connectivity index (χ2v) is 8.35. The molecule has 0 saturated carbocycles. The number of hydrogen-bond acceptors (Lipinski definition) is 7. The van der Waals surface area contributed by atoms with Crippen molar-refractivity contribution in [3.63, 3.8) is 0 Å². The molecule has 0 spiro atoms. The fourth-order valence-corrected chi connectivity index (χ4v) is 3.90. The molecule has 0 bridgehead atoms. The molecule has 0 amide bonds. The Morgan fingerprint density at radius 3 is 1.76 bits per heavy atom. The number of halogens is 3. The molecule has 0 saturated heterocycles. The first kappa shape index (κ1) is 21.8. The van der Waals surface area contributed by atoms with E-state index in [9.17, 15) is 21.6 Å². The zero-order valence-corrected chi connectivity index (χ0v) is 15.9. The maximum atomic E-state index is 12.6. The van der Waals surface area contributed by atoms with Crippen LogP contribution in [0.3, 0.4) is 0 Å². The summed E-state index contributed by atoms with van der Waals surface area (Å²) in [6, 6.07) is 14.2. The van der Waals surface area contributed by atoms with Gasteiger partial charge in [-0.05, 0) is 60.3 Å². The third-order valence-electron chi connectivity index (χ3n) is 3.39. The predicted molar refractivity (Wildman–Crippen MR) is 97.7 cm³/mol. The van der Waals surface area contributed by atoms with Crippen LogP contribution in [0.25, 0.3) is 0 Å². The van der Waals surface area contributed by atoms with Gasteiger partial charge in [-0.1, -0.05) is 0 Å². The molecule has 146 valence electrons. The van der Waals surface area contributed by atoms with Crippen molar-refractivity contribution in [3.8, 4) is 18.2 Å². The molecule has 0 radical (unpaired) electrons. The highest BCUT2D eigenvalue weighted by Crippen LogP contribution is 2.37. The van der Waals surface area contributed by atoms with Crippen LogP contribution >= 0.6 is 11.8 Å². The summed E-state index contributed by atoms with van der Waals surface area (Å²) in [6.45, 7) is 0. The van der Waals surface area contributed by atoms with Crippen molar-refractivity contribution in [1.29, 1.82) is 15.8 Å². The minimum atomic E-state index is -4.48. The summed E-state index contributed by atoms with van der Waals surface area (Å²) in [5.74, 6) is 0.